The second-order valence-corrected chi connectivity index (χ2v) is 4.42. The standard InChI is InChI=1S/C9H13ClN2OS/c1-2-7(10)3-4-12-9(13)8-5-11-6-14-8/h5-7H,2-4H2,1H3,(H,12,13). The molecule has 1 aromatic rings. The molecule has 14 heavy (non-hydrogen) atoms. The maximum atomic E-state index is 11.4. The van der Waals surface area contributed by atoms with E-state index in [4.69, 9.17) is 11.6 Å². The molecule has 3 nitrogen and oxygen atoms in total. The maximum Gasteiger partial charge on any atom is 0.262 e. The van der Waals surface area contributed by atoms with Gasteiger partial charge in [0, 0.05) is 11.9 Å². The van der Waals surface area contributed by atoms with E-state index in [1.165, 1.54) is 11.3 Å². The summed E-state index contributed by atoms with van der Waals surface area (Å²) in [7, 11) is 0. The van der Waals surface area contributed by atoms with Crippen molar-refractivity contribution >= 4 is 28.8 Å². The van der Waals surface area contributed by atoms with E-state index in [1.807, 2.05) is 6.92 Å². The topological polar surface area (TPSA) is 42.0 Å². The molecule has 1 rings (SSSR count). The Kier molecular flexibility index (Phi) is 4.90. The first kappa shape index (κ1) is 11.5. The summed E-state index contributed by atoms with van der Waals surface area (Å²) in [5.41, 5.74) is 1.64. The molecule has 0 saturated carbocycles. The van der Waals surface area contributed by atoms with Crippen LogP contribution < -0.4 is 5.32 Å². The molecule has 0 aliphatic carbocycles. The van der Waals surface area contributed by atoms with Crippen LogP contribution in [0.2, 0.25) is 0 Å². The number of halogens is 1. The first-order valence-electron chi connectivity index (χ1n) is 4.54. The fourth-order valence-corrected chi connectivity index (χ4v) is 1.61. The summed E-state index contributed by atoms with van der Waals surface area (Å²) >= 11 is 7.25. The van der Waals surface area contributed by atoms with E-state index < -0.39 is 0 Å². The van der Waals surface area contributed by atoms with Crippen LogP contribution in [0, 0.1) is 0 Å². The number of alkyl halides is 1. The first-order valence-corrected chi connectivity index (χ1v) is 5.86. The Morgan fingerprint density at radius 2 is 2.57 bits per heavy atom. The van der Waals surface area contributed by atoms with Crippen LogP contribution in [-0.4, -0.2) is 22.8 Å². The molecule has 0 aromatic carbocycles. The Hall–Kier alpha value is -0.610. The summed E-state index contributed by atoms with van der Waals surface area (Å²) in [5.74, 6) is -0.0625. The molecule has 5 heteroatoms. The van der Waals surface area contributed by atoms with Crippen molar-refractivity contribution in [3.8, 4) is 0 Å². The minimum atomic E-state index is -0.0625. The van der Waals surface area contributed by atoms with Gasteiger partial charge in [0.15, 0.2) is 0 Å². The summed E-state index contributed by atoms with van der Waals surface area (Å²) < 4.78 is 0. The van der Waals surface area contributed by atoms with Crippen molar-refractivity contribution in [2.24, 2.45) is 0 Å². The molecule has 1 aromatic heterocycles. The lowest BCUT2D eigenvalue weighted by Crippen LogP contribution is -2.25. The van der Waals surface area contributed by atoms with Crippen molar-refractivity contribution in [2.75, 3.05) is 6.54 Å². The van der Waals surface area contributed by atoms with Crippen LogP contribution in [0.5, 0.6) is 0 Å². The van der Waals surface area contributed by atoms with Crippen LogP contribution in [0.1, 0.15) is 29.4 Å². The third-order valence-electron chi connectivity index (χ3n) is 1.84. The number of nitrogens with zero attached hydrogens (tertiary/aromatic N) is 1. The van der Waals surface area contributed by atoms with E-state index in [1.54, 1.807) is 11.7 Å². The van der Waals surface area contributed by atoms with Gasteiger partial charge in [0.2, 0.25) is 0 Å². The zero-order valence-electron chi connectivity index (χ0n) is 8.00. The lowest BCUT2D eigenvalue weighted by molar-refractivity contribution is 0.0957. The van der Waals surface area contributed by atoms with E-state index in [2.05, 4.69) is 10.3 Å². The monoisotopic (exact) mass is 232 g/mol. The zero-order valence-corrected chi connectivity index (χ0v) is 9.57. The molecular formula is C9H13ClN2OS. The summed E-state index contributed by atoms with van der Waals surface area (Å²) in [4.78, 5) is 15.9. The predicted molar refractivity (Wildman–Crippen MR) is 59.0 cm³/mol. The molecule has 1 heterocycles. The number of nitrogens with one attached hydrogen (secondary N) is 1. The molecule has 1 amide bonds. The average molecular weight is 233 g/mol. The minimum Gasteiger partial charge on any atom is -0.351 e. The zero-order chi connectivity index (χ0) is 10.4. The fourth-order valence-electron chi connectivity index (χ4n) is 0.961. The molecule has 1 N–H and O–H groups in total. The highest BCUT2D eigenvalue weighted by molar-refractivity contribution is 7.11. The molecular weight excluding hydrogens is 220 g/mol. The van der Waals surface area contributed by atoms with Crippen molar-refractivity contribution in [2.45, 2.75) is 25.1 Å². The number of hydrogen-bond donors (Lipinski definition) is 1. The molecule has 1 unspecified atom stereocenters. The van der Waals surface area contributed by atoms with Gasteiger partial charge in [-0.2, -0.15) is 0 Å². The van der Waals surface area contributed by atoms with Crippen LogP contribution in [0.25, 0.3) is 0 Å². The number of carbonyl (C=O) groups is 1. The van der Waals surface area contributed by atoms with Gasteiger partial charge in [-0.25, -0.2) is 0 Å². The van der Waals surface area contributed by atoms with Crippen LogP contribution in [-0.2, 0) is 0 Å². The summed E-state index contributed by atoms with van der Waals surface area (Å²) in [6.45, 7) is 2.65. The highest BCUT2D eigenvalue weighted by Gasteiger charge is 2.07. The molecule has 0 aliphatic heterocycles. The van der Waals surface area contributed by atoms with E-state index >= 15 is 0 Å². The Bertz CT molecular complexity index is 276. The minimum absolute atomic E-state index is 0.0625. The van der Waals surface area contributed by atoms with Gasteiger partial charge in [-0.1, -0.05) is 6.92 Å². The quantitative estimate of drug-likeness (QED) is 0.792. The van der Waals surface area contributed by atoms with Gasteiger partial charge < -0.3 is 5.32 Å². The van der Waals surface area contributed by atoms with Gasteiger partial charge in [-0.15, -0.1) is 22.9 Å². The van der Waals surface area contributed by atoms with Gasteiger partial charge in [-0.05, 0) is 12.8 Å². The number of amides is 1. The van der Waals surface area contributed by atoms with Crippen molar-refractivity contribution in [3.05, 3.63) is 16.6 Å². The third kappa shape index (κ3) is 3.64. The highest BCUT2D eigenvalue weighted by atomic mass is 35.5. The van der Waals surface area contributed by atoms with Gasteiger partial charge >= 0.3 is 0 Å². The van der Waals surface area contributed by atoms with E-state index in [-0.39, 0.29) is 11.3 Å². The number of aromatic nitrogens is 1. The molecule has 1 atom stereocenters. The second kappa shape index (κ2) is 5.98. The third-order valence-corrected chi connectivity index (χ3v) is 3.14. The van der Waals surface area contributed by atoms with Crippen LogP contribution >= 0.6 is 22.9 Å². The Morgan fingerprint density at radius 1 is 1.79 bits per heavy atom. The van der Waals surface area contributed by atoms with Gasteiger partial charge in [-0.3, -0.25) is 9.78 Å². The summed E-state index contributed by atoms with van der Waals surface area (Å²) in [6.07, 6.45) is 3.30. The molecule has 0 radical (unpaired) electrons. The highest BCUT2D eigenvalue weighted by Crippen LogP contribution is 2.07. The first-order chi connectivity index (χ1) is 6.74. The Labute approximate surface area is 92.5 Å². The fraction of sp³-hybridized carbons (Fsp3) is 0.556. The van der Waals surface area contributed by atoms with Crippen molar-refractivity contribution in [1.82, 2.24) is 10.3 Å². The number of thiazole rings is 1. The smallest absolute Gasteiger partial charge is 0.262 e. The number of hydrogen-bond acceptors (Lipinski definition) is 3. The van der Waals surface area contributed by atoms with Crippen molar-refractivity contribution in [1.29, 1.82) is 0 Å². The lowest BCUT2D eigenvalue weighted by atomic mass is 10.2. The lowest BCUT2D eigenvalue weighted by Gasteiger charge is -2.06. The molecule has 0 bridgehead atoms. The summed E-state index contributed by atoms with van der Waals surface area (Å²) in [6, 6.07) is 0. The van der Waals surface area contributed by atoms with E-state index in [0.29, 0.717) is 11.4 Å². The largest absolute Gasteiger partial charge is 0.351 e. The Balaban J connectivity index is 2.23. The van der Waals surface area contributed by atoms with E-state index in [0.717, 1.165) is 12.8 Å². The van der Waals surface area contributed by atoms with Crippen molar-refractivity contribution in [3.63, 3.8) is 0 Å². The van der Waals surface area contributed by atoms with Crippen LogP contribution in [0.4, 0.5) is 0 Å². The average Bonchev–Trinajstić information content (AvgIpc) is 2.70. The summed E-state index contributed by atoms with van der Waals surface area (Å²) in [5, 5.41) is 2.95. The SMILES string of the molecule is CCC(Cl)CCNC(=O)c1cncs1. The van der Waals surface area contributed by atoms with Gasteiger partial charge in [0.25, 0.3) is 5.91 Å². The predicted octanol–water partition coefficient (Wildman–Crippen LogP) is 2.28. The van der Waals surface area contributed by atoms with Gasteiger partial charge in [0.05, 0.1) is 11.7 Å². The normalized spacial score (nSPS) is 12.4. The maximum absolute atomic E-state index is 11.4. The molecule has 0 fully saturated rings. The Morgan fingerprint density at radius 3 is 3.14 bits per heavy atom. The van der Waals surface area contributed by atoms with Crippen LogP contribution in [0.15, 0.2) is 11.7 Å². The molecule has 0 aliphatic rings. The number of carbonyl (C=O) groups excluding carboxylic acids is 1. The second-order valence-electron chi connectivity index (χ2n) is 2.92. The van der Waals surface area contributed by atoms with Gasteiger partial charge in [0.1, 0.15) is 4.88 Å². The van der Waals surface area contributed by atoms with E-state index in [9.17, 15) is 4.79 Å². The molecule has 0 saturated heterocycles. The molecule has 78 valence electrons. The van der Waals surface area contributed by atoms with Crippen molar-refractivity contribution < 1.29 is 4.79 Å². The number of rotatable bonds is 5. The molecule has 0 spiro atoms. The van der Waals surface area contributed by atoms with Crippen LogP contribution in [0.3, 0.4) is 0 Å².